The van der Waals surface area contributed by atoms with Gasteiger partial charge in [-0.3, -0.25) is 0 Å². The van der Waals surface area contributed by atoms with Crippen LogP contribution >= 0.6 is 9.24 Å². The van der Waals surface area contributed by atoms with E-state index in [0.29, 0.717) is 11.8 Å². The number of hydrogen-bond donors (Lipinski definition) is 0. The van der Waals surface area contributed by atoms with Crippen molar-refractivity contribution in [3.05, 3.63) is 17.4 Å². The fourth-order valence-corrected chi connectivity index (χ4v) is 2.03. The van der Waals surface area contributed by atoms with Crippen LogP contribution in [0.4, 0.5) is 0 Å². The summed E-state index contributed by atoms with van der Waals surface area (Å²) in [4.78, 5) is 0. The summed E-state index contributed by atoms with van der Waals surface area (Å²) in [5, 5.41) is 0. The second-order valence-corrected chi connectivity index (χ2v) is 4.30. The summed E-state index contributed by atoms with van der Waals surface area (Å²) in [5.41, 5.74) is 3.69. The summed E-state index contributed by atoms with van der Waals surface area (Å²) >= 11 is 0. The highest BCUT2D eigenvalue weighted by Crippen LogP contribution is 2.26. The Morgan fingerprint density at radius 1 is 1.17 bits per heavy atom. The first-order valence-corrected chi connectivity index (χ1v) is 4.98. The van der Waals surface area contributed by atoms with Crippen LogP contribution < -0.4 is 5.50 Å². The van der Waals surface area contributed by atoms with E-state index in [0.717, 1.165) is 5.50 Å². The lowest BCUT2D eigenvalue weighted by Crippen LogP contribution is -2.02. The SMILES string of the molecule is CC(C)c1coc(P)c1C(C)C. The van der Waals surface area contributed by atoms with Crippen molar-refractivity contribution in [3.63, 3.8) is 0 Å². The van der Waals surface area contributed by atoms with Gasteiger partial charge in [-0.15, -0.1) is 0 Å². The van der Waals surface area contributed by atoms with Gasteiger partial charge in [0.1, 0.15) is 5.50 Å². The van der Waals surface area contributed by atoms with Gasteiger partial charge in [0.2, 0.25) is 0 Å². The van der Waals surface area contributed by atoms with Crippen molar-refractivity contribution in [2.75, 3.05) is 0 Å². The molecule has 0 saturated heterocycles. The minimum atomic E-state index is 0.550. The maximum absolute atomic E-state index is 5.38. The molecule has 68 valence electrons. The molecular weight excluding hydrogens is 167 g/mol. The van der Waals surface area contributed by atoms with Gasteiger partial charge in [0.15, 0.2) is 0 Å². The van der Waals surface area contributed by atoms with Gasteiger partial charge in [0.25, 0.3) is 0 Å². The monoisotopic (exact) mass is 184 g/mol. The highest BCUT2D eigenvalue weighted by Gasteiger charge is 2.15. The molecule has 1 nitrogen and oxygen atoms in total. The first kappa shape index (κ1) is 9.80. The molecule has 0 aliphatic rings. The predicted octanol–water partition coefficient (Wildman–Crippen LogP) is 3.03. The van der Waals surface area contributed by atoms with Crippen LogP contribution in [-0.2, 0) is 0 Å². The Morgan fingerprint density at radius 3 is 2.08 bits per heavy atom. The largest absolute Gasteiger partial charge is 0.465 e. The summed E-state index contributed by atoms with van der Waals surface area (Å²) in [7, 11) is 2.65. The molecule has 1 atom stereocenters. The highest BCUT2D eigenvalue weighted by atomic mass is 31.0. The molecular formula is C10H17OP. The van der Waals surface area contributed by atoms with Gasteiger partial charge in [-0.25, -0.2) is 0 Å². The summed E-state index contributed by atoms with van der Waals surface area (Å²) in [6.45, 7) is 8.79. The minimum Gasteiger partial charge on any atom is -0.465 e. The third-order valence-corrected chi connectivity index (χ3v) is 2.54. The molecule has 12 heavy (non-hydrogen) atoms. The van der Waals surface area contributed by atoms with E-state index in [-0.39, 0.29) is 0 Å². The Bertz CT molecular complexity index is 261. The normalized spacial score (nSPS) is 11.6. The molecule has 1 unspecified atom stereocenters. The fraction of sp³-hybridized carbons (Fsp3) is 0.600. The predicted molar refractivity (Wildman–Crippen MR) is 56.2 cm³/mol. The third-order valence-electron chi connectivity index (χ3n) is 2.09. The molecule has 0 aromatic carbocycles. The first-order chi connectivity index (χ1) is 5.54. The summed E-state index contributed by atoms with van der Waals surface area (Å²) in [6, 6.07) is 0. The van der Waals surface area contributed by atoms with Crippen LogP contribution in [0, 0.1) is 0 Å². The molecule has 0 amide bonds. The molecule has 0 aliphatic heterocycles. The van der Waals surface area contributed by atoms with Crippen molar-refractivity contribution in [2.24, 2.45) is 0 Å². The zero-order chi connectivity index (χ0) is 9.30. The van der Waals surface area contributed by atoms with E-state index < -0.39 is 0 Å². The van der Waals surface area contributed by atoms with Crippen LogP contribution in [-0.4, -0.2) is 0 Å². The molecule has 1 heterocycles. The van der Waals surface area contributed by atoms with Gasteiger partial charge >= 0.3 is 0 Å². The zero-order valence-corrected chi connectivity index (χ0v) is 9.37. The minimum absolute atomic E-state index is 0.550. The molecule has 0 N–H and O–H groups in total. The average molecular weight is 184 g/mol. The Labute approximate surface area is 76.7 Å². The van der Waals surface area contributed by atoms with Crippen LogP contribution in [0.1, 0.15) is 50.7 Å². The highest BCUT2D eigenvalue weighted by molar-refractivity contribution is 7.26. The van der Waals surface area contributed by atoms with E-state index in [9.17, 15) is 0 Å². The molecule has 0 spiro atoms. The maximum atomic E-state index is 5.38. The van der Waals surface area contributed by atoms with Gasteiger partial charge in [-0.2, -0.15) is 0 Å². The Kier molecular flexibility index (Phi) is 2.95. The second kappa shape index (κ2) is 3.62. The molecule has 1 rings (SSSR count). The first-order valence-electron chi connectivity index (χ1n) is 4.40. The molecule has 0 fully saturated rings. The molecule has 2 heteroatoms. The smallest absolute Gasteiger partial charge is 0.122 e. The van der Waals surface area contributed by atoms with Crippen LogP contribution in [0.15, 0.2) is 10.7 Å². The number of rotatable bonds is 2. The van der Waals surface area contributed by atoms with E-state index in [4.69, 9.17) is 4.42 Å². The maximum Gasteiger partial charge on any atom is 0.122 e. The quantitative estimate of drug-likeness (QED) is 0.644. The lowest BCUT2D eigenvalue weighted by molar-refractivity contribution is 0.594. The van der Waals surface area contributed by atoms with Gasteiger partial charge in [-0.1, -0.05) is 36.9 Å². The standard InChI is InChI=1S/C10H17OP/c1-6(2)8-5-11-10(12)9(8)7(3)4/h5-7H,12H2,1-4H3. The molecule has 0 radical (unpaired) electrons. The van der Waals surface area contributed by atoms with Crippen LogP contribution in [0.3, 0.4) is 0 Å². The summed E-state index contributed by atoms with van der Waals surface area (Å²) in [5.74, 6) is 1.11. The lowest BCUT2D eigenvalue weighted by Gasteiger charge is -2.09. The van der Waals surface area contributed by atoms with Gasteiger partial charge < -0.3 is 4.42 Å². The topological polar surface area (TPSA) is 13.1 Å². The van der Waals surface area contributed by atoms with E-state index in [1.165, 1.54) is 11.1 Å². The van der Waals surface area contributed by atoms with Crippen molar-refractivity contribution in [1.29, 1.82) is 0 Å². The Balaban J connectivity index is 3.12. The van der Waals surface area contributed by atoms with Crippen LogP contribution in [0.2, 0.25) is 0 Å². The molecule has 1 aromatic rings. The van der Waals surface area contributed by atoms with Crippen molar-refractivity contribution in [1.82, 2.24) is 0 Å². The van der Waals surface area contributed by atoms with E-state index >= 15 is 0 Å². The number of furan rings is 1. The Morgan fingerprint density at radius 2 is 1.75 bits per heavy atom. The van der Waals surface area contributed by atoms with E-state index in [1.54, 1.807) is 0 Å². The molecule has 1 aromatic heterocycles. The second-order valence-electron chi connectivity index (χ2n) is 3.78. The third kappa shape index (κ3) is 1.72. The van der Waals surface area contributed by atoms with Crippen molar-refractivity contribution in [2.45, 2.75) is 39.5 Å². The Hall–Kier alpha value is -0.290. The van der Waals surface area contributed by atoms with Crippen molar-refractivity contribution < 1.29 is 4.42 Å². The van der Waals surface area contributed by atoms with Crippen molar-refractivity contribution in [3.8, 4) is 0 Å². The lowest BCUT2D eigenvalue weighted by atomic mass is 9.95. The zero-order valence-electron chi connectivity index (χ0n) is 8.22. The van der Waals surface area contributed by atoms with Crippen molar-refractivity contribution >= 4 is 14.7 Å². The fourth-order valence-electron chi connectivity index (χ4n) is 1.46. The van der Waals surface area contributed by atoms with Crippen LogP contribution in [0.5, 0.6) is 0 Å². The van der Waals surface area contributed by atoms with Gasteiger partial charge in [0, 0.05) is 5.56 Å². The molecule has 0 bridgehead atoms. The van der Waals surface area contributed by atoms with Gasteiger partial charge in [-0.05, 0) is 17.4 Å². The number of hydrogen-bond acceptors (Lipinski definition) is 1. The summed E-state index contributed by atoms with van der Waals surface area (Å²) in [6.07, 6.45) is 1.88. The van der Waals surface area contributed by atoms with E-state index in [1.807, 2.05) is 6.26 Å². The molecule has 0 aliphatic carbocycles. The van der Waals surface area contributed by atoms with Crippen LogP contribution in [0.25, 0.3) is 0 Å². The van der Waals surface area contributed by atoms with Gasteiger partial charge in [0.05, 0.1) is 6.26 Å². The average Bonchev–Trinajstić information content (AvgIpc) is 2.30. The van der Waals surface area contributed by atoms with E-state index in [2.05, 4.69) is 36.9 Å². The summed E-state index contributed by atoms with van der Waals surface area (Å²) < 4.78 is 5.38. The molecule has 0 saturated carbocycles.